The van der Waals surface area contributed by atoms with Gasteiger partial charge in [-0.3, -0.25) is 9.35 Å². The number of likely N-dealkylation sites (N-methyl/N-ethyl adjacent to an activating group) is 1. The normalized spacial score (nSPS) is 16.3. The van der Waals surface area contributed by atoms with E-state index in [4.69, 9.17) is 15.0 Å². The number of rotatable bonds is 23. The Morgan fingerprint density at radius 3 is 2.41 bits per heavy atom. The minimum Gasteiger partial charge on any atom is -0.508 e. The van der Waals surface area contributed by atoms with E-state index in [1.54, 1.807) is 36.4 Å². The molecular formula is C49H63N6O8S+. The molecule has 1 unspecified atom stereocenters. The van der Waals surface area contributed by atoms with Gasteiger partial charge in [-0.05, 0) is 119 Å². The summed E-state index contributed by atoms with van der Waals surface area (Å²) in [4.78, 5) is 29.7. The Bertz CT molecular complexity index is 2430. The molecule has 0 radical (unpaired) electrons. The van der Waals surface area contributed by atoms with Crippen molar-refractivity contribution in [2.45, 2.75) is 115 Å². The van der Waals surface area contributed by atoms with E-state index in [2.05, 4.69) is 103 Å². The van der Waals surface area contributed by atoms with Gasteiger partial charge in [0.25, 0.3) is 10.1 Å². The average molecular weight is 896 g/mol. The number of Topliss-reactive ketones (excluding diaryl/α,β-unsaturated/α-hetero) is 1. The summed E-state index contributed by atoms with van der Waals surface area (Å²) < 4.78 is 46.7. The number of nitrogens with one attached hydrogen (secondary N) is 1. The fourth-order valence-electron chi connectivity index (χ4n) is 8.48. The SMILES string of the molecule is CCN1C(=CC=CC=CC2=[N+](CCCCCC(=O)CCCC(N=[N+]=[N-])OCCOC(=O)NCCc3ccc(O)cc3)c3ccc(C)cc3C2(C)C)C(C)(C)c2cc(S(=O)(=O)O)ccc21. The van der Waals surface area contributed by atoms with E-state index in [1.165, 1.54) is 28.6 Å². The largest absolute Gasteiger partial charge is 0.508 e. The molecule has 342 valence electrons. The number of carbonyl (C=O) groups excluding carboxylic acids is 2. The van der Waals surface area contributed by atoms with Crippen molar-refractivity contribution in [3.8, 4) is 5.75 Å². The highest BCUT2D eigenvalue weighted by atomic mass is 32.2. The van der Waals surface area contributed by atoms with Crippen molar-refractivity contribution in [2.24, 2.45) is 5.11 Å². The molecule has 3 aromatic carbocycles. The molecule has 1 amide bonds. The minimum atomic E-state index is -4.33. The maximum absolute atomic E-state index is 12.8. The Balaban J connectivity index is 1.09. The van der Waals surface area contributed by atoms with Crippen LogP contribution in [0, 0.1) is 6.92 Å². The number of aryl methyl sites for hydroxylation is 1. The van der Waals surface area contributed by atoms with Crippen LogP contribution >= 0.6 is 0 Å². The van der Waals surface area contributed by atoms with Gasteiger partial charge in [0.05, 0.1) is 16.9 Å². The van der Waals surface area contributed by atoms with E-state index in [0.717, 1.165) is 48.3 Å². The Morgan fingerprint density at radius 2 is 1.69 bits per heavy atom. The predicted molar refractivity (Wildman–Crippen MR) is 250 cm³/mol. The second-order valence-corrected chi connectivity index (χ2v) is 18.7. The van der Waals surface area contributed by atoms with Gasteiger partial charge < -0.3 is 24.8 Å². The number of allylic oxidation sites excluding steroid dienone is 6. The number of fused-ring (bicyclic) bond motifs is 2. The Morgan fingerprint density at radius 1 is 0.938 bits per heavy atom. The lowest BCUT2D eigenvalue weighted by Gasteiger charge is -2.25. The Kier molecular flexibility index (Phi) is 17.1. The second kappa shape index (κ2) is 22.3. The maximum Gasteiger partial charge on any atom is 0.407 e. The van der Waals surface area contributed by atoms with E-state index >= 15 is 0 Å². The van der Waals surface area contributed by atoms with Crippen molar-refractivity contribution in [3.05, 3.63) is 129 Å². The van der Waals surface area contributed by atoms with Crippen LogP contribution in [-0.2, 0) is 41.6 Å². The molecule has 5 rings (SSSR count). The van der Waals surface area contributed by atoms with Crippen molar-refractivity contribution in [1.82, 2.24) is 5.32 Å². The molecule has 2 aliphatic heterocycles. The monoisotopic (exact) mass is 895 g/mol. The molecule has 2 heterocycles. The van der Waals surface area contributed by atoms with Gasteiger partial charge in [-0.1, -0.05) is 61.0 Å². The smallest absolute Gasteiger partial charge is 0.407 e. The zero-order valence-electron chi connectivity index (χ0n) is 37.9. The summed E-state index contributed by atoms with van der Waals surface area (Å²) in [5.74, 6) is 0.336. The van der Waals surface area contributed by atoms with Crippen LogP contribution in [-0.4, -0.2) is 79.3 Å². The van der Waals surface area contributed by atoms with Gasteiger partial charge in [0, 0.05) is 71.8 Å². The highest BCUT2D eigenvalue weighted by Crippen LogP contribution is 2.48. The number of anilines is 1. The number of ether oxygens (including phenoxy) is 2. The van der Waals surface area contributed by atoms with E-state index < -0.39 is 27.9 Å². The van der Waals surface area contributed by atoms with Crippen molar-refractivity contribution in [2.75, 3.05) is 37.7 Å². The highest BCUT2D eigenvalue weighted by Gasteiger charge is 2.44. The van der Waals surface area contributed by atoms with E-state index in [1.807, 2.05) is 12.2 Å². The second-order valence-electron chi connectivity index (χ2n) is 17.3. The van der Waals surface area contributed by atoms with Crippen LogP contribution < -0.4 is 10.2 Å². The first-order valence-electron chi connectivity index (χ1n) is 22.0. The number of benzene rings is 3. The lowest BCUT2D eigenvalue weighted by Crippen LogP contribution is -2.28. The molecule has 2 aliphatic rings. The zero-order valence-corrected chi connectivity index (χ0v) is 38.7. The number of hydrogen-bond acceptors (Lipinski definition) is 9. The third-order valence-electron chi connectivity index (χ3n) is 11.9. The number of unbranched alkanes of at least 4 members (excludes halogenated alkanes) is 2. The zero-order chi connectivity index (χ0) is 46.5. The minimum absolute atomic E-state index is 0.0206. The first kappa shape index (κ1) is 49.3. The number of ketones is 1. The van der Waals surface area contributed by atoms with Gasteiger partial charge in [-0.2, -0.15) is 13.0 Å². The summed E-state index contributed by atoms with van der Waals surface area (Å²) in [7, 11) is -4.33. The molecule has 3 N–H and O–H groups in total. The molecule has 0 aromatic heterocycles. The summed E-state index contributed by atoms with van der Waals surface area (Å²) in [6.07, 6.45) is 13.9. The van der Waals surface area contributed by atoms with Crippen LogP contribution in [0.5, 0.6) is 5.75 Å². The number of phenolic OH excluding ortho intramolecular Hbond substituents is 1. The standard InChI is InChI=1S/C49H62N6O8S/c1-7-54-42-27-25-39(64(59,60)61)34-41(42)49(5,6)44(54)17-11-8-12-18-45-48(3,4)40-33-35(2)20-26-43(40)55(45)30-13-9-10-15-37(56)16-14-19-46(52-53-50)62-31-32-63-47(58)51-29-28-36-21-23-38(57)24-22-36/h8,11-12,17-18,20-27,33-34,46H,7,9-10,13-16,19,28-32H2,1-6H3,(H2-,51,57,58,59,60,61)/p+1. The van der Waals surface area contributed by atoms with Crippen molar-refractivity contribution in [3.63, 3.8) is 0 Å². The summed E-state index contributed by atoms with van der Waals surface area (Å²) >= 11 is 0. The first-order valence-corrected chi connectivity index (χ1v) is 23.5. The molecule has 0 spiro atoms. The van der Waals surface area contributed by atoms with Crippen LogP contribution in [0.25, 0.3) is 10.4 Å². The van der Waals surface area contributed by atoms with Gasteiger partial charge in [0.15, 0.2) is 5.71 Å². The van der Waals surface area contributed by atoms with E-state index in [-0.39, 0.29) is 35.1 Å². The maximum atomic E-state index is 12.8. The topological polar surface area (TPSA) is 194 Å². The third kappa shape index (κ3) is 12.7. The molecule has 1 atom stereocenters. The van der Waals surface area contributed by atoms with Crippen LogP contribution in [0.1, 0.15) is 102 Å². The lowest BCUT2D eigenvalue weighted by atomic mass is 9.81. The highest BCUT2D eigenvalue weighted by molar-refractivity contribution is 7.85. The van der Waals surface area contributed by atoms with Crippen LogP contribution in [0.2, 0.25) is 0 Å². The Hall–Kier alpha value is -5.73. The third-order valence-corrected chi connectivity index (χ3v) is 12.8. The molecular weight excluding hydrogens is 833 g/mol. The number of nitrogens with zero attached hydrogens (tertiary/aromatic N) is 5. The molecule has 0 saturated heterocycles. The number of amides is 1. The predicted octanol–water partition coefficient (Wildman–Crippen LogP) is 10.1. The van der Waals surface area contributed by atoms with E-state index in [9.17, 15) is 27.7 Å². The first-order chi connectivity index (χ1) is 30.5. The van der Waals surface area contributed by atoms with Gasteiger partial charge in [-0.15, -0.1) is 0 Å². The van der Waals surface area contributed by atoms with Gasteiger partial charge in [0.2, 0.25) is 5.69 Å². The fourth-order valence-corrected chi connectivity index (χ4v) is 8.99. The molecule has 0 aliphatic carbocycles. The molecule has 0 bridgehead atoms. The number of hydrogen-bond donors (Lipinski definition) is 3. The summed E-state index contributed by atoms with van der Waals surface area (Å²) in [6, 6.07) is 18.1. The average Bonchev–Trinajstić information content (AvgIpc) is 3.59. The number of carbonyl (C=O) groups is 2. The molecule has 15 heteroatoms. The number of aromatic hydroxyl groups is 1. The van der Waals surface area contributed by atoms with Gasteiger partial charge in [-0.25, -0.2) is 4.79 Å². The van der Waals surface area contributed by atoms with Crippen molar-refractivity contribution < 1.29 is 41.7 Å². The number of phenols is 1. The lowest BCUT2D eigenvalue weighted by molar-refractivity contribution is -0.438. The molecule has 0 saturated carbocycles. The van der Waals surface area contributed by atoms with Crippen LogP contribution in [0.4, 0.5) is 16.2 Å². The van der Waals surface area contributed by atoms with Gasteiger partial charge in [0.1, 0.15) is 30.9 Å². The summed E-state index contributed by atoms with van der Waals surface area (Å²) in [5, 5.41) is 15.7. The molecule has 0 fully saturated rings. The summed E-state index contributed by atoms with van der Waals surface area (Å²) in [6.45, 7) is 14.7. The van der Waals surface area contributed by atoms with Crippen LogP contribution in [0.15, 0.2) is 107 Å². The Labute approximate surface area is 377 Å². The number of alkyl carbamates (subject to hydrolysis) is 1. The fraction of sp³-hybridized carbons (Fsp3) is 0.449. The van der Waals surface area contributed by atoms with Crippen molar-refractivity contribution >= 4 is 39.1 Å². The quantitative estimate of drug-likeness (QED) is 0.0158. The van der Waals surface area contributed by atoms with Crippen LogP contribution in [0.3, 0.4) is 0 Å². The molecule has 64 heavy (non-hydrogen) atoms. The molecule has 14 nitrogen and oxygen atoms in total. The van der Waals surface area contributed by atoms with Gasteiger partial charge >= 0.3 is 6.09 Å². The van der Waals surface area contributed by atoms with E-state index in [0.29, 0.717) is 45.2 Å². The molecule has 3 aromatic rings. The summed E-state index contributed by atoms with van der Waals surface area (Å²) in [5.41, 5.74) is 16.9. The number of azide groups is 1. The van der Waals surface area contributed by atoms with Crippen molar-refractivity contribution in [1.29, 1.82) is 0 Å².